The van der Waals surface area contributed by atoms with Crippen LogP contribution in [0.15, 0.2) is 16.7 Å². The average molecular weight is 265 g/mol. The monoisotopic (exact) mass is 264 g/mol. The molecule has 0 atom stereocenters. The number of fused-ring (bicyclic) bond motifs is 1. The number of hydrogen-bond acceptors (Lipinski definition) is 2. The van der Waals surface area contributed by atoms with Crippen LogP contribution in [0.1, 0.15) is 10.4 Å². The van der Waals surface area contributed by atoms with E-state index >= 15 is 0 Å². The van der Waals surface area contributed by atoms with Gasteiger partial charge in [-0.25, -0.2) is 4.79 Å². The zero-order valence-electron chi connectivity index (χ0n) is 7.05. The van der Waals surface area contributed by atoms with E-state index in [0.29, 0.717) is 0 Å². The Morgan fingerprint density at radius 3 is 2.53 bits per heavy atom. The van der Waals surface area contributed by atoms with Crippen molar-refractivity contribution in [2.75, 3.05) is 0 Å². The van der Waals surface area contributed by atoms with Crippen molar-refractivity contribution in [2.24, 2.45) is 0 Å². The van der Waals surface area contributed by atoms with E-state index in [4.69, 9.17) is 44.3 Å². The molecular formula is C9H3Cl3O3. The largest absolute Gasteiger partial charge is 0.478 e. The molecule has 0 saturated heterocycles. The summed E-state index contributed by atoms with van der Waals surface area (Å²) in [6, 6.07) is 1.41. The molecule has 0 aliphatic heterocycles. The van der Waals surface area contributed by atoms with E-state index in [2.05, 4.69) is 0 Å². The summed E-state index contributed by atoms with van der Waals surface area (Å²) in [4.78, 5) is 10.8. The molecule has 0 aliphatic rings. The van der Waals surface area contributed by atoms with Crippen molar-refractivity contribution in [1.82, 2.24) is 0 Å². The molecule has 78 valence electrons. The van der Waals surface area contributed by atoms with Gasteiger partial charge in [-0.15, -0.1) is 0 Å². The Hall–Kier alpha value is -0.900. The van der Waals surface area contributed by atoms with Gasteiger partial charge >= 0.3 is 5.97 Å². The molecule has 0 unspecified atom stereocenters. The summed E-state index contributed by atoms with van der Waals surface area (Å²) in [5.41, 5.74) is 0.169. The van der Waals surface area contributed by atoms with Crippen LogP contribution in [0.25, 0.3) is 11.0 Å². The summed E-state index contributed by atoms with van der Waals surface area (Å²) >= 11 is 17.5. The molecule has 0 aliphatic carbocycles. The quantitative estimate of drug-likeness (QED) is 0.790. The van der Waals surface area contributed by atoms with E-state index in [1.807, 2.05) is 0 Å². The molecule has 1 heterocycles. The van der Waals surface area contributed by atoms with Gasteiger partial charge in [0.05, 0.1) is 20.5 Å². The zero-order valence-corrected chi connectivity index (χ0v) is 9.32. The number of aromatic carboxylic acids is 1. The fourth-order valence-corrected chi connectivity index (χ4v) is 2.02. The van der Waals surface area contributed by atoms with E-state index < -0.39 is 5.97 Å². The normalized spacial score (nSPS) is 10.9. The van der Waals surface area contributed by atoms with E-state index in [1.165, 1.54) is 6.07 Å². The summed E-state index contributed by atoms with van der Waals surface area (Å²) in [5, 5.41) is 9.65. The Bertz CT molecular complexity index is 559. The molecule has 1 aromatic carbocycles. The van der Waals surface area contributed by atoms with Crippen molar-refractivity contribution >= 4 is 51.7 Å². The van der Waals surface area contributed by atoms with E-state index in [-0.39, 0.29) is 31.6 Å². The van der Waals surface area contributed by atoms with Gasteiger partial charge in [0.1, 0.15) is 11.8 Å². The highest BCUT2D eigenvalue weighted by Gasteiger charge is 2.19. The highest BCUT2D eigenvalue weighted by Crippen LogP contribution is 2.38. The number of hydrogen-bond donors (Lipinski definition) is 1. The van der Waals surface area contributed by atoms with Crippen molar-refractivity contribution in [2.45, 2.75) is 0 Å². The first-order valence-corrected chi connectivity index (χ1v) is 4.93. The van der Waals surface area contributed by atoms with Gasteiger partial charge in [-0.2, -0.15) is 0 Å². The van der Waals surface area contributed by atoms with Crippen LogP contribution in [-0.4, -0.2) is 11.1 Å². The minimum atomic E-state index is -1.14. The van der Waals surface area contributed by atoms with Gasteiger partial charge in [-0.3, -0.25) is 0 Å². The van der Waals surface area contributed by atoms with Crippen molar-refractivity contribution in [1.29, 1.82) is 0 Å². The van der Waals surface area contributed by atoms with E-state index in [0.717, 1.165) is 6.26 Å². The molecular weight excluding hydrogens is 262 g/mol. The third-order valence-electron chi connectivity index (χ3n) is 1.92. The van der Waals surface area contributed by atoms with Gasteiger partial charge in [-0.1, -0.05) is 34.8 Å². The maximum absolute atomic E-state index is 10.8. The number of benzene rings is 1. The fraction of sp³-hybridized carbons (Fsp3) is 0. The molecule has 0 amide bonds. The Morgan fingerprint density at radius 1 is 1.27 bits per heavy atom. The molecule has 0 spiro atoms. The zero-order chi connectivity index (χ0) is 11.2. The molecule has 3 nitrogen and oxygen atoms in total. The van der Waals surface area contributed by atoms with Crippen LogP contribution in [0.5, 0.6) is 0 Å². The molecule has 6 heteroatoms. The highest BCUT2D eigenvalue weighted by atomic mass is 35.5. The number of carbonyl (C=O) groups is 1. The third-order valence-corrected chi connectivity index (χ3v) is 2.99. The summed E-state index contributed by atoms with van der Waals surface area (Å²) in [6.07, 6.45) is 1.08. The van der Waals surface area contributed by atoms with Crippen LogP contribution in [0.3, 0.4) is 0 Å². The standard InChI is InChI=1S/C9H3Cl3O3/c10-4-1-5(11)8-6(7(4)12)3(2-15-8)9(13)14/h1-2H,(H,13,14). The molecule has 0 fully saturated rings. The number of carboxylic acid groups (broad SMARTS) is 1. The van der Waals surface area contributed by atoms with E-state index in [9.17, 15) is 4.79 Å². The maximum Gasteiger partial charge on any atom is 0.339 e. The summed E-state index contributed by atoms with van der Waals surface area (Å²) in [6.45, 7) is 0. The minimum absolute atomic E-state index is 0.0561. The predicted octanol–water partition coefficient (Wildman–Crippen LogP) is 4.09. The van der Waals surface area contributed by atoms with Crippen LogP contribution in [0, 0.1) is 0 Å². The van der Waals surface area contributed by atoms with Gasteiger partial charge in [0.15, 0.2) is 5.58 Å². The molecule has 0 saturated carbocycles. The van der Waals surface area contributed by atoms with Crippen molar-refractivity contribution in [3.63, 3.8) is 0 Å². The lowest BCUT2D eigenvalue weighted by Gasteiger charge is -1.99. The molecule has 0 bridgehead atoms. The Labute approximate surface area is 99.1 Å². The minimum Gasteiger partial charge on any atom is -0.478 e. The van der Waals surface area contributed by atoms with Gasteiger partial charge < -0.3 is 9.52 Å². The van der Waals surface area contributed by atoms with Gasteiger partial charge in [0, 0.05) is 0 Å². The Balaban J connectivity index is 2.95. The number of halogens is 3. The molecule has 2 aromatic rings. The molecule has 0 radical (unpaired) electrons. The maximum atomic E-state index is 10.8. The summed E-state index contributed by atoms with van der Waals surface area (Å²) in [7, 11) is 0. The predicted molar refractivity (Wildman–Crippen MR) is 58.2 cm³/mol. The van der Waals surface area contributed by atoms with Crippen molar-refractivity contribution in [3.05, 3.63) is 33.0 Å². The lowest BCUT2D eigenvalue weighted by atomic mass is 10.2. The second-order valence-corrected chi connectivity index (χ2v) is 4.01. The second-order valence-electron chi connectivity index (χ2n) is 2.81. The lowest BCUT2D eigenvalue weighted by Crippen LogP contribution is -1.94. The summed E-state index contributed by atoms with van der Waals surface area (Å²) < 4.78 is 5.02. The second kappa shape index (κ2) is 3.59. The van der Waals surface area contributed by atoms with Gasteiger partial charge in [0.25, 0.3) is 0 Å². The lowest BCUT2D eigenvalue weighted by molar-refractivity contribution is 0.0698. The number of carboxylic acids is 1. The number of furan rings is 1. The van der Waals surface area contributed by atoms with Crippen molar-refractivity contribution in [3.8, 4) is 0 Å². The smallest absolute Gasteiger partial charge is 0.339 e. The molecule has 1 aromatic heterocycles. The average Bonchev–Trinajstić information content (AvgIpc) is 2.58. The molecule has 1 N–H and O–H groups in total. The third kappa shape index (κ3) is 1.57. The first-order valence-electron chi connectivity index (χ1n) is 3.80. The van der Waals surface area contributed by atoms with Gasteiger partial charge in [-0.05, 0) is 6.07 Å². The van der Waals surface area contributed by atoms with Crippen molar-refractivity contribution < 1.29 is 14.3 Å². The SMILES string of the molecule is O=C(O)c1coc2c(Cl)cc(Cl)c(Cl)c12. The van der Waals surface area contributed by atoms with Crippen LogP contribution in [0.2, 0.25) is 15.1 Å². The molecule has 2 rings (SSSR count). The van der Waals surface area contributed by atoms with E-state index in [1.54, 1.807) is 0 Å². The Morgan fingerprint density at radius 2 is 1.93 bits per heavy atom. The van der Waals surface area contributed by atoms with Crippen LogP contribution in [0.4, 0.5) is 0 Å². The molecule has 15 heavy (non-hydrogen) atoms. The Kier molecular flexibility index (Phi) is 2.54. The van der Waals surface area contributed by atoms with Crippen LogP contribution in [-0.2, 0) is 0 Å². The fourth-order valence-electron chi connectivity index (χ4n) is 1.27. The van der Waals surface area contributed by atoms with Crippen LogP contribution >= 0.6 is 34.8 Å². The highest BCUT2D eigenvalue weighted by molar-refractivity contribution is 6.48. The van der Waals surface area contributed by atoms with Gasteiger partial charge in [0.2, 0.25) is 0 Å². The van der Waals surface area contributed by atoms with Crippen LogP contribution < -0.4 is 0 Å². The number of rotatable bonds is 1. The summed E-state index contributed by atoms with van der Waals surface area (Å²) in [5.74, 6) is -1.14. The first-order chi connectivity index (χ1) is 7.02. The first kappa shape index (κ1) is 10.6. The topological polar surface area (TPSA) is 50.4 Å².